The van der Waals surface area contributed by atoms with Gasteiger partial charge in [0, 0.05) is 18.7 Å². The molecule has 1 amide bonds. The summed E-state index contributed by atoms with van der Waals surface area (Å²) >= 11 is 1.24. The molecule has 7 heteroatoms. The molecule has 1 aromatic carbocycles. The molecule has 1 fully saturated rings. The van der Waals surface area contributed by atoms with E-state index >= 15 is 0 Å². The monoisotopic (exact) mass is 359 g/mol. The van der Waals surface area contributed by atoms with Gasteiger partial charge in [-0.3, -0.25) is 4.79 Å². The molecule has 0 saturated carbocycles. The maximum absolute atomic E-state index is 12.6. The molecule has 0 unspecified atom stereocenters. The standard InChI is InChI=1S/C18H21N3O3S/c1-23-13-4-2-3-12-5-10-24-18(15(12)13)6-8-21(9-7-18)16(22)14-11-20-17(19)25-14/h2-4,11H,5-10H2,1H3,(H2,19,20). The van der Waals surface area contributed by atoms with Gasteiger partial charge in [-0.2, -0.15) is 0 Å². The number of piperidine rings is 1. The van der Waals surface area contributed by atoms with Crippen molar-refractivity contribution >= 4 is 22.4 Å². The minimum atomic E-state index is -0.357. The fourth-order valence-corrected chi connectivity index (χ4v) is 4.56. The highest BCUT2D eigenvalue weighted by atomic mass is 32.1. The van der Waals surface area contributed by atoms with Crippen LogP contribution in [-0.4, -0.2) is 42.6 Å². The molecule has 25 heavy (non-hydrogen) atoms. The first-order valence-corrected chi connectivity index (χ1v) is 9.25. The first-order chi connectivity index (χ1) is 12.1. The van der Waals surface area contributed by atoms with Crippen molar-refractivity contribution in [1.82, 2.24) is 9.88 Å². The SMILES string of the molecule is COc1cccc2c1C1(CCN(C(=O)c3cnc(N)s3)CC1)OCC2. The Morgan fingerprint density at radius 3 is 2.88 bits per heavy atom. The Balaban J connectivity index is 1.57. The average Bonchev–Trinajstić information content (AvgIpc) is 3.08. The predicted octanol–water partition coefficient (Wildman–Crippen LogP) is 2.44. The van der Waals surface area contributed by atoms with Crippen LogP contribution in [0.2, 0.25) is 0 Å². The number of methoxy groups -OCH3 is 1. The van der Waals surface area contributed by atoms with Crippen molar-refractivity contribution in [3.8, 4) is 5.75 Å². The second-order valence-corrected chi connectivity index (χ2v) is 7.50. The number of thiazole rings is 1. The molecule has 0 aliphatic carbocycles. The van der Waals surface area contributed by atoms with Gasteiger partial charge in [-0.05, 0) is 30.9 Å². The number of aromatic nitrogens is 1. The summed E-state index contributed by atoms with van der Waals surface area (Å²) in [6, 6.07) is 6.18. The molecule has 2 N–H and O–H groups in total. The summed E-state index contributed by atoms with van der Waals surface area (Å²) in [6.45, 7) is 2.00. The Kier molecular flexibility index (Phi) is 4.13. The van der Waals surface area contributed by atoms with Crippen molar-refractivity contribution in [2.75, 3.05) is 32.5 Å². The van der Waals surface area contributed by atoms with Crippen molar-refractivity contribution < 1.29 is 14.3 Å². The Morgan fingerprint density at radius 1 is 1.40 bits per heavy atom. The van der Waals surface area contributed by atoms with Crippen LogP contribution in [0.15, 0.2) is 24.4 Å². The number of likely N-dealkylation sites (tertiary alicyclic amines) is 1. The molecule has 3 heterocycles. The second kappa shape index (κ2) is 6.31. The number of nitrogen functional groups attached to an aromatic ring is 1. The van der Waals surface area contributed by atoms with E-state index in [-0.39, 0.29) is 11.5 Å². The third-order valence-electron chi connectivity index (χ3n) is 5.13. The van der Waals surface area contributed by atoms with Crippen molar-refractivity contribution in [2.45, 2.75) is 24.9 Å². The van der Waals surface area contributed by atoms with Crippen LogP contribution in [0.4, 0.5) is 5.13 Å². The Labute approximate surface area is 150 Å². The van der Waals surface area contributed by atoms with Gasteiger partial charge in [0.25, 0.3) is 5.91 Å². The van der Waals surface area contributed by atoms with Crippen LogP contribution >= 0.6 is 11.3 Å². The predicted molar refractivity (Wildman–Crippen MR) is 96.0 cm³/mol. The topological polar surface area (TPSA) is 77.7 Å². The van der Waals surface area contributed by atoms with E-state index in [0.717, 1.165) is 30.6 Å². The fraction of sp³-hybridized carbons (Fsp3) is 0.444. The lowest BCUT2D eigenvalue weighted by Gasteiger charge is -2.45. The third kappa shape index (κ3) is 2.77. The van der Waals surface area contributed by atoms with E-state index in [1.165, 1.54) is 16.9 Å². The molecular formula is C18H21N3O3S. The van der Waals surface area contributed by atoms with Crippen LogP contribution in [0, 0.1) is 0 Å². The molecule has 2 aliphatic rings. The summed E-state index contributed by atoms with van der Waals surface area (Å²) in [6.07, 6.45) is 3.99. The Hall–Kier alpha value is -2.12. The largest absolute Gasteiger partial charge is 0.496 e. The number of amides is 1. The molecule has 0 atom stereocenters. The van der Waals surface area contributed by atoms with E-state index in [1.54, 1.807) is 13.3 Å². The number of ether oxygens (including phenoxy) is 2. The van der Waals surface area contributed by atoms with Gasteiger partial charge in [-0.25, -0.2) is 4.98 Å². The van der Waals surface area contributed by atoms with Crippen molar-refractivity contribution in [3.05, 3.63) is 40.4 Å². The van der Waals surface area contributed by atoms with Crippen LogP contribution in [0.1, 0.15) is 33.6 Å². The highest BCUT2D eigenvalue weighted by molar-refractivity contribution is 7.17. The van der Waals surface area contributed by atoms with Crippen LogP contribution in [0.3, 0.4) is 0 Å². The van der Waals surface area contributed by atoms with Gasteiger partial charge in [-0.1, -0.05) is 23.5 Å². The zero-order valence-electron chi connectivity index (χ0n) is 14.2. The van der Waals surface area contributed by atoms with Gasteiger partial charge in [0.1, 0.15) is 16.2 Å². The zero-order chi connectivity index (χ0) is 17.4. The molecule has 1 spiro atoms. The number of benzene rings is 1. The number of carbonyl (C=O) groups is 1. The van der Waals surface area contributed by atoms with Crippen LogP contribution < -0.4 is 10.5 Å². The summed E-state index contributed by atoms with van der Waals surface area (Å²) in [4.78, 5) is 19.1. The van der Waals surface area contributed by atoms with Crippen LogP contribution in [-0.2, 0) is 16.8 Å². The summed E-state index contributed by atoms with van der Waals surface area (Å²) in [5.41, 5.74) is 7.75. The minimum absolute atomic E-state index is 0.000101. The molecule has 132 valence electrons. The number of hydrogen-bond donors (Lipinski definition) is 1. The number of hydrogen-bond acceptors (Lipinski definition) is 6. The van der Waals surface area contributed by atoms with E-state index in [2.05, 4.69) is 11.1 Å². The normalized spacial score (nSPS) is 18.8. The second-order valence-electron chi connectivity index (χ2n) is 6.44. The third-order valence-corrected chi connectivity index (χ3v) is 5.94. The smallest absolute Gasteiger partial charge is 0.265 e. The minimum Gasteiger partial charge on any atom is -0.496 e. The van der Waals surface area contributed by atoms with E-state index in [4.69, 9.17) is 15.2 Å². The quantitative estimate of drug-likeness (QED) is 0.891. The molecule has 4 rings (SSSR count). The first kappa shape index (κ1) is 16.4. The Bertz CT molecular complexity index is 782. The lowest BCUT2D eigenvalue weighted by molar-refractivity contribution is -0.0946. The van der Waals surface area contributed by atoms with E-state index < -0.39 is 0 Å². The number of nitrogens with two attached hydrogens (primary N) is 1. The molecular weight excluding hydrogens is 338 g/mol. The zero-order valence-corrected chi connectivity index (χ0v) is 15.0. The van der Waals surface area contributed by atoms with Gasteiger partial charge in [0.2, 0.25) is 0 Å². The van der Waals surface area contributed by atoms with E-state index in [9.17, 15) is 4.79 Å². The lowest BCUT2D eigenvalue weighted by Crippen LogP contribution is -2.48. The van der Waals surface area contributed by atoms with E-state index in [1.807, 2.05) is 17.0 Å². The molecule has 2 aliphatic heterocycles. The number of carbonyl (C=O) groups excluding carboxylic acids is 1. The molecule has 6 nitrogen and oxygen atoms in total. The number of nitrogens with zero attached hydrogens (tertiary/aromatic N) is 2. The first-order valence-electron chi connectivity index (χ1n) is 8.44. The van der Waals surface area contributed by atoms with Crippen molar-refractivity contribution in [1.29, 1.82) is 0 Å². The fourth-order valence-electron chi connectivity index (χ4n) is 3.91. The highest BCUT2D eigenvalue weighted by Gasteiger charge is 2.43. The van der Waals surface area contributed by atoms with E-state index in [0.29, 0.717) is 29.7 Å². The number of fused-ring (bicyclic) bond motifs is 2. The number of anilines is 1. The summed E-state index contributed by atoms with van der Waals surface area (Å²) in [5.74, 6) is 0.882. The Morgan fingerprint density at radius 2 is 2.20 bits per heavy atom. The summed E-state index contributed by atoms with van der Waals surface area (Å²) in [5, 5.41) is 0.422. The average molecular weight is 359 g/mol. The van der Waals surface area contributed by atoms with Crippen LogP contribution in [0.5, 0.6) is 5.75 Å². The van der Waals surface area contributed by atoms with Gasteiger partial charge in [0.05, 0.1) is 19.9 Å². The van der Waals surface area contributed by atoms with Gasteiger partial charge >= 0.3 is 0 Å². The van der Waals surface area contributed by atoms with Crippen molar-refractivity contribution in [2.24, 2.45) is 0 Å². The van der Waals surface area contributed by atoms with Gasteiger partial charge < -0.3 is 20.1 Å². The number of rotatable bonds is 2. The molecule has 1 aromatic heterocycles. The lowest BCUT2D eigenvalue weighted by atomic mass is 9.78. The van der Waals surface area contributed by atoms with Crippen LogP contribution in [0.25, 0.3) is 0 Å². The van der Waals surface area contributed by atoms with Gasteiger partial charge in [0.15, 0.2) is 5.13 Å². The maximum atomic E-state index is 12.6. The molecule has 1 saturated heterocycles. The summed E-state index contributed by atoms with van der Waals surface area (Å²) in [7, 11) is 1.70. The highest BCUT2D eigenvalue weighted by Crippen LogP contribution is 2.45. The molecule has 2 aromatic rings. The van der Waals surface area contributed by atoms with Crippen molar-refractivity contribution in [3.63, 3.8) is 0 Å². The summed E-state index contributed by atoms with van der Waals surface area (Å²) < 4.78 is 11.9. The maximum Gasteiger partial charge on any atom is 0.265 e. The molecule has 0 bridgehead atoms. The molecule has 0 radical (unpaired) electrons. The van der Waals surface area contributed by atoms with Gasteiger partial charge in [-0.15, -0.1) is 0 Å².